The first-order valence-corrected chi connectivity index (χ1v) is 4.38. The molecule has 5 heteroatoms. The van der Waals surface area contributed by atoms with Crippen LogP contribution in [-0.4, -0.2) is 19.6 Å². The number of nitrogens with two attached hydrogens (primary N) is 1. The number of carbonyl (C=O) groups excluding carboxylic acids is 1. The zero-order chi connectivity index (χ0) is 11.1. The number of ether oxygens (including phenoxy) is 2. The third-order valence-corrected chi connectivity index (χ3v) is 1.81. The molecule has 4 nitrogen and oxygen atoms in total. The van der Waals surface area contributed by atoms with Crippen molar-refractivity contribution >= 4 is 6.47 Å². The molecule has 0 aliphatic heterocycles. The molecule has 0 aliphatic carbocycles. The van der Waals surface area contributed by atoms with Crippen molar-refractivity contribution in [2.24, 2.45) is 5.73 Å². The van der Waals surface area contributed by atoms with E-state index in [0.717, 1.165) is 5.56 Å². The van der Waals surface area contributed by atoms with Crippen LogP contribution in [0.25, 0.3) is 0 Å². The van der Waals surface area contributed by atoms with Gasteiger partial charge in [-0.15, -0.1) is 0 Å². The smallest absolute Gasteiger partial charge is 0.294 e. The molecule has 0 radical (unpaired) electrons. The molecule has 0 saturated carbocycles. The molecule has 1 aromatic rings. The van der Waals surface area contributed by atoms with Crippen molar-refractivity contribution in [2.75, 3.05) is 6.86 Å². The Labute approximate surface area is 86.8 Å². The number of hydrogen-bond donors (Lipinski definition) is 1. The summed E-state index contributed by atoms with van der Waals surface area (Å²) in [5, 5.41) is 0. The van der Waals surface area contributed by atoms with E-state index in [0.29, 0.717) is 18.6 Å². The number of alkyl halides is 1. The number of benzene rings is 1. The third kappa shape index (κ3) is 3.95. The number of carbonyl (C=O) groups is 1. The van der Waals surface area contributed by atoms with Gasteiger partial charge in [0.15, 0.2) is 6.23 Å². The maximum Gasteiger partial charge on any atom is 0.294 e. The van der Waals surface area contributed by atoms with E-state index in [-0.39, 0.29) is 0 Å². The van der Waals surface area contributed by atoms with Crippen LogP contribution in [0.3, 0.4) is 0 Å². The monoisotopic (exact) mass is 213 g/mol. The summed E-state index contributed by atoms with van der Waals surface area (Å²) in [6.45, 7) is -0.543. The van der Waals surface area contributed by atoms with Crippen molar-refractivity contribution in [2.45, 2.75) is 12.6 Å². The van der Waals surface area contributed by atoms with Crippen molar-refractivity contribution in [1.82, 2.24) is 0 Å². The van der Waals surface area contributed by atoms with Crippen LogP contribution in [0.5, 0.6) is 5.75 Å². The molecule has 0 bridgehead atoms. The van der Waals surface area contributed by atoms with E-state index in [2.05, 4.69) is 9.47 Å². The van der Waals surface area contributed by atoms with Crippen LogP contribution < -0.4 is 10.5 Å². The van der Waals surface area contributed by atoms with E-state index >= 15 is 0 Å². The van der Waals surface area contributed by atoms with Crippen LogP contribution in [0.15, 0.2) is 24.3 Å². The Kier molecular flexibility index (Phi) is 4.56. The molecule has 0 unspecified atom stereocenters. The van der Waals surface area contributed by atoms with Crippen molar-refractivity contribution < 1.29 is 18.7 Å². The molecule has 1 aromatic carbocycles. The van der Waals surface area contributed by atoms with E-state index < -0.39 is 13.1 Å². The minimum Gasteiger partial charge on any atom is -0.463 e. The van der Waals surface area contributed by atoms with E-state index in [1.54, 1.807) is 24.3 Å². The molecule has 0 aromatic heterocycles. The Bertz CT molecular complexity index is 302. The zero-order valence-corrected chi connectivity index (χ0v) is 8.06. The van der Waals surface area contributed by atoms with Crippen LogP contribution in [-0.2, 0) is 16.0 Å². The zero-order valence-electron chi connectivity index (χ0n) is 8.06. The molecular formula is C10H12FNO3. The second-order valence-corrected chi connectivity index (χ2v) is 2.87. The van der Waals surface area contributed by atoms with Gasteiger partial charge in [0.05, 0.1) is 0 Å². The second kappa shape index (κ2) is 5.98. The fourth-order valence-corrected chi connectivity index (χ4v) is 1.14. The van der Waals surface area contributed by atoms with Gasteiger partial charge in [-0.05, 0) is 17.7 Å². The lowest BCUT2D eigenvalue weighted by molar-refractivity contribution is -0.133. The highest BCUT2D eigenvalue weighted by atomic mass is 19.1. The highest BCUT2D eigenvalue weighted by Crippen LogP contribution is 2.13. The summed E-state index contributed by atoms with van der Waals surface area (Å²) in [4.78, 5) is 9.98. The average Bonchev–Trinajstić information content (AvgIpc) is 2.22. The second-order valence-electron chi connectivity index (χ2n) is 2.87. The lowest BCUT2D eigenvalue weighted by atomic mass is 10.1. The predicted molar refractivity (Wildman–Crippen MR) is 51.9 cm³/mol. The van der Waals surface area contributed by atoms with E-state index in [1.165, 1.54) is 0 Å². The molecule has 0 aliphatic rings. The Hall–Kier alpha value is -1.62. The lowest BCUT2D eigenvalue weighted by Gasteiger charge is -2.09. The molecule has 2 N–H and O–H groups in total. The van der Waals surface area contributed by atoms with Gasteiger partial charge >= 0.3 is 0 Å². The van der Waals surface area contributed by atoms with E-state index in [4.69, 9.17) is 5.73 Å². The van der Waals surface area contributed by atoms with Gasteiger partial charge in [0.1, 0.15) is 5.75 Å². The van der Waals surface area contributed by atoms with Crippen LogP contribution in [0.4, 0.5) is 4.39 Å². The standard InChI is InChI=1S/C10H12FNO3/c11-6-14-9-3-1-8(2-4-9)5-10(12)15-7-13/h1-4,7,10H,5-6,12H2/t10-/m0/s1. The van der Waals surface area contributed by atoms with Gasteiger partial charge in [0.2, 0.25) is 6.86 Å². The van der Waals surface area contributed by atoms with Crippen molar-refractivity contribution in [3.05, 3.63) is 29.8 Å². The van der Waals surface area contributed by atoms with Gasteiger partial charge in [0.25, 0.3) is 6.47 Å². The Balaban J connectivity index is 2.52. The molecule has 0 heterocycles. The fourth-order valence-electron chi connectivity index (χ4n) is 1.14. The Morgan fingerprint density at radius 3 is 2.60 bits per heavy atom. The molecule has 0 saturated heterocycles. The average molecular weight is 213 g/mol. The highest BCUT2D eigenvalue weighted by molar-refractivity contribution is 5.37. The maximum absolute atomic E-state index is 11.8. The van der Waals surface area contributed by atoms with Gasteiger partial charge < -0.3 is 9.47 Å². The SMILES string of the molecule is N[C@H](Cc1ccc(OCF)cc1)OC=O. The molecule has 0 amide bonds. The van der Waals surface area contributed by atoms with Crippen molar-refractivity contribution in [3.8, 4) is 5.75 Å². The molecule has 1 rings (SSSR count). The van der Waals surface area contributed by atoms with Gasteiger partial charge in [-0.2, -0.15) is 0 Å². The van der Waals surface area contributed by atoms with Gasteiger partial charge in [0, 0.05) is 6.42 Å². The summed E-state index contributed by atoms with van der Waals surface area (Å²) in [6, 6.07) is 6.73. The predicted octanol–water partition coefficient (Wildman–Crippen LogP) is 0.993. The molecule has 1 atom stereocenters. The summed E-state index contributed by atoms with van der Waals surface area (Å²) in [5.74, 6) is 0.450. The topological polar surface area (TPSA) is 61.6 Å². The summed E-state index contributed by atoms with van der Waals surface area (Å²) in [5.41, 5.74) is 6.35. The van der Waals surface area contributed by atoms with Crippen LogP contribution in [0.2, 0.25) is 0 Å². The number of hydrogen-bond acceptors (Lipinski definition) is 4. The Morgan fingerprint density at radius 2 is 2.07 bits per heavy atom. The van der Waals surface area contributed by atoms with Gasteiger partial charge in [-0.3, -0.25) is 10.5 Å². The molecule has 15 heavy (non-hydrogen) atoms. The lowest BCUT2D eigenvalue weighted by Crippen LogP contribution is -2.25. The van der Waals surface area contributed by atoms with E-state index in [9.17, 15) is 9.18 Å². The van der Waals surface area contributed by atoms with Gasteiger partial charge in [-0.1, -0.05) is 12.1 Å². The summed E-state index contributed by atoms with van der Waals surface area (Å²) in [7, 11) is 0. The number of halogens is 1. The minimum atomic E-state index is -0.854. The summed E-state index contributed by atoms with van der Waals surface area (Å²) >= 11 is 0. The molecule has 82 valence electrons. The fraction of sp³-hybridized carbons (Fsp3) is 0.300. The summed E-state index contributed by atoms with van der Waals surface area (Å²) < 4.78 is 20.9. The van der Waals surface area contributed by atoms with Crippen molar-refractivity contribution in [1.29, 1.82) is 0 Å². The van der Waals surface area contributed by atoms with Gasteiger partial charge in [-0.25, -0.2) is 4.39 Å². The first kappa shape index (κ1) is 11.5. The van der Waals surface area contributed by atoms with Crippen LogP contribution >= 0.6 is 0 Å². The third-order valence-electron chi connectivity index (χ3n) is 1.81. The highest BCUT2D eigenvalue weighted by Gasteiger charge is 2.03. The van der Waals surface area contributed by atoms with Crippen LogP contribution in [0, 0.1) is 0 Å². The molecular weight excluding hydrogens is 201 g/mol. The molecule has 0 spiro atoms. The Morgan fingerprint density at radius 1 is 1.40 bits per heavy atom. The quantitative estimate of drug-likeness (QED) is 0.565. The van der Waals surface area contributed by atoms with E-state index in [1.807, 2.05) is 0 Å². The molecule has 0 fully saturated rings. The van der Waals surface area contributed by atoms with Crippen LogP contribution in [0.1, 0.15) is 5.56 Å². The summed E-state index contributed by atoms with van der Waals surface area (Å²) in [6.07, 6.45) is -0.246. The maximum atomic E-state index is 11.8. The normalized spacial score (nSPS) is 11.9. The minimum absolute atomic E-state index is 0.311. The largest absolute Gasteiger partial charge is 0.463 e. The van der Waals surface area contributed by atoms with Crippen molar-refractivity contribution in [3.63, 3.8) is 0 Å². The number of rotatable bonds is 6. The first-order chi connectivity index (χ1) is 7.26. The first-order valence-electron chi connectivity index (χ1n) is 4.38.